The lowest BCUT2D eigenvalue weighted by Crippen LogP contribution is -2.37. The summed E-state index contributed by atoms with van der Waals surface area (Å²) >= 11 is 0. The number of fused-ring (bicyclic) bond motifs is 1. The Morgan fingerprint density at radius 2 is 2.24 bits per heavy atom. The molecule has 0 saturated carbocycles. The van der Waals surface area contributed by atoms with Crippen LogP contribution in [-0.2, 0) is 13.0 Å². The van der Waals surface area contributed by atoms with Gasteiger partial charge < -0.3 is 15.5 Å². The molecule has 0 radical (unpaired) electrons. The standard InChI is InChI=1S/C17H27N3O/c1-4-13(2)20(3)10-9-19-17(21)15-6-5-14-7-8-18-12-16(14)11-15/h5-6,11,13,18H,4,7-10,12H2,1-3H3,(H,19,21). The van der Waals surface area contributed by atoms with Crippen molar-refractivity contribution in [1.29, 1.82) is 0 Å². The predicted molar refractivity (Wildman–Crippen MR) is 86.6 cm³/mol. The van der Waals surface area contributed by atoms with Crippen molar-refractivity contribution >= 4 is 5.91 Å². The zero-order valence-corrected chi connectivity index (χ0v) is 13.4. The number of hydrogen-bond acceptors (Lipinski definition) is 3. The second-order valence-electron chi connectivity index (χ2n) is 5.90. The summed E-state index contributed by atoms with van der Waals surface area (Å²) in [6.45, 7) is 7.86. The van der Waals surface area contributed by atoms with E-state index in [-0.39, 0.29) is 5.91 Å². The summed E-state index contributed by atoms with van der Waals surface area (Å²) in [7, 11) is 2.10. The monoisotopic (exact) mass is 289 g/mol. The molecule has 1 aliphatic rings. The molecule has 2 rings (SSSR count). The highest BCUT2D eigenvalue weighted by atomic mass is 16.1. The number of nitrogens with one attached hydrogen (secondary N) is 2. The van der Waals surface area contributed by atoms with E-state index in [0.29, 0.717) is 12.6 Å². The normalized spacial score (nSPS) is 15.6. The third kappa shape index (κ3) is 4.29. The van der Waals surface area contributed by atoms with Gasteiger partial charge in [0.05, 0.1) is 0 Å². The Hall–Kier alpha value is -1.39. The Bertz CT molecular complexity index is 487. The van der Waals surface area contributed by atoms with Crippen LogP contribution in [0.15, 0.2) is 18.2 Å². The number of carbonyl (C=O) groups excluding carboxylic acids is 1. The molecule has 4 nitrogen and oxygen atoms in total. The molecule has 1 amide bonds. The van der Waals surface area contributed by atoms with Crippen LogP contribution in [0.25, 0.3) is 0 Å². The van der Waals surface area contributed by atoms with E-state index < -0.39 is 0 Å². The topological polar surface area (TPSA) is 44.4 Å². The summed E-state index contributed by atoms with van der Waals surface area (Å²) in [4.78, 5) is 14.5. The summed E-state index contributed by atoms with van der Waals surface area (Å²) in [5.41, 5.74) is 3.39. The average Bonchev–Trinajstić information content (AvgIpc) is 2.53. The third-order valence-corrected chi connectivity index (χ3v) is 4.45. The summed E-state index contributed by atoms with van der Waals surface area (Å²) in [6.07, 6.45) is 2.18. The highest BCUT2D eigenvalue weighted by Crippen LogP contribution is 2.15. The molecule has 4 heteroatoms. The van der Waals surface area contributed by atoms with Gasteiger partial charge in [-0.3, -0.25) is 4.79 Å². The van der Waals surface area contributed by atoms with E-state index in [1.54, 1.807) is 0 Å². The second kappa shape index (κ2) is 7.57. The third-order valence-electron chi connectivity index (χ3n) is 4.45. The SMILES string of the molecule is CCC(C)N(C)CCNC(=O)c1ccc2c(c1)CNCC2. The fraction of sp³-hybridized carbons (Fsp3) is 0.588. The van der Waals surface area contributed by atoms with Crippen LogP contribution in [-0.4, -0.2) is 43.5 Å². The van der Waals surface area contributed by atoms with Crippen LogP contribution in [0.4, 0.5) is 0 Å². The first-order valence-electron chi connectivity index (χ1n) is 7.92. The van der Waals surface area contributed by atoms with Crippen LogP contribution in [0.1, 0.15) is 41.8 Å². The summed E-state index contributed by atoms with van der Waals surface area (Å²) in [5, 5.41) is 6.36. The Labute approximate surface area is 127 Å². The predicted octanol–water partition coefficient (Wildman–Crippen LogP) is 1.79. The van der Waals surface area contributed by atoms with Gasteiger partial charge in [0, 0.05) is 31.2 Å². The Balaban J connectivity index is 1.86. The maximum Gasteiger partial charge on any atom is 0.251 e. The van der Waals surface area contributed by atoms with Crippen LogP contribution in [0.2, 0.25) is 0 Å². The maximum absolute atomic E-state index is 12.2. The number of amides is 1. The fourth-order valence-corrected chi connectivity index (χ4v) is 2.60. The highest BCUT2D eigenvalue weighted by molar-refractivity contribution is 5.94. The summed E-state index contributed by atoms with van der Waals surface area (Å²) < 4.78 is 0. The minimum atomic E-state index is 0.0286. The zero-order chi connectivity index (χ0) is 15.2. The van der Waals surface area contributed by atoms with E-state index in [9.17, 15) is 4.79 Å². The van der Waals surface area contributed by atoms with E-state index in [1.165, 1.54) is 11.1 Å². The molecule has 0 aromatic heterocycles. The zero-order valence-electron chi connectivity index (χ0n) is 13.4. The van der Waals surface area contributed by atoms with E-state index in [1.807, 2.05) is 12.1 Å². The number of carbonyl (C=O) groups is 1. The lowest BCUT2D eigenvalue weighted by atomic mass is 9.98. The van der Waals surface area contributed by atoms with E-state index in [0.717, 1.165) is 38.0 Å². The highest BCUT2D eigenvalue weighted by Gasteiger charge is 2.13. The van der Waals surface area contributed by atoms with Crippen molar-refractivity contribution in [3.8, 4) is 0 Å². The summed E-state index contributed by atoms with van der Waals surface area (Å²) in [5.74, 6) is 0.0286. The van der Waals surface area contributed by atoms with Crippen LogP contribution in [0.5, 0.6) is 0 Å². The van der Waals surface area contributed by atoms with Gasteiger partial charge in [-0.1, -0.05) is 13.0 Å². The van der Waals surface area contributed by atoms with Gasteiger partial charge in [-0.15, -0.1) is 0 Å². The molecule has 0 aliphatic carbocycles. The first kappa shape index (κ1) is 16.0. The number of rotatable bonds is 6. The fourth-order valence-electron chi connectivity index (χ4n) is 2.60. The van der Waals surface area contributed by atoms with Gasteiger partial charge in [-0.2, -0.15) is 0 Å². The Morgan fingerprint density at radius 1 is 1.43 bits per heavy atom. The molecule has 21 heavy (non-hydrogen) atoms. The molecule has 1 aromatic carbocycles. The first-order valence-corrected chi connectivity index (χ1v) is 7.92. The van der Waals surface area contributed by atoms with Gasteiger partial charge in [0.2, 0.25) is 0 Å². The van der Waals surface area contributed by atoms with Crippen molar-refractivity contribution in [2.24, 2.45) is 0 Å². The van der Waals surface area contributed by atoms with Gasteiger partial charge in [-0.05, 0) is 56.6 Å². The van der Waals surface area contributed by atoms with Crippen molar-refractivity contribution in [3.63, 3.8) is 0 Å². The minimum Gasteiger partial charge on any atom is -0.351 e. The van der Waals surface area contributed by atoms with Crippen molar-refractivity contribution in [3.05, 3.63) is 34.9 Å². The molecule has 2 N–H and O–H groups in total. The second-order valence-corrected chi connectivity index (χ2v) is 5.90. The number of likely N-dealkylation sites (N-methyl/N-ethyl adjacent to an activating group) is 1. The lowest BCUT2D eigenvalue weighted by molar-refractivity contribution is 0.0947. The van der Waals surface area contributed by atoms with Crippen molar-refractivity contribution in [1.82, 2.24) is 15.5 Å². The molecule has 1 heterocycles. The van der Waals surface area contributed by atoms with Gasteiger partial charge >= 0.3 is 0 Å². The molecule has 0 fully saturated rings. The van der Waals surface area contributed by atoms with Gasteiger partial charge in [0.25, 0.3) is 5.91 Å². The lowest BCUT2D eigenvalue weighted by Gasteiger charge is -2.23. The maximum atomic E-state index is 12.2. The molecule has 0 saturated heterocycles. The van der Waals surface area contributed by atoms with Crippen LogP contribution in [0.3, 0.4) is 0 Å². The molecule has 1 atom stereocenters. The van der Waals surface area contributed by atoms with Crippen molar-refractivity contribution in [2.45, 2.75) is 39.3 Å². The van der Waals surface area contributed by atoms with Crippen molar-refractivity contribution in [2.75, 3.05) is 26.7 Å². The molecule has 116 valence electrons. The van der Waals surface area contributed by atoms with E-state index in [2.05, 4.69) is 42.5 Å². The van der Waals surface area contributed by atoms with Gasteiger partial charge in [0.1, 0.15) is 0 Å². The Morgan fingerprint density at radius 3 is 3.00 bits per heavy atom. The largest absolute Gasteiger partial charge is 0.351 e. The van der Waals surface area contributed by atoms with E-state index >= 15 is 0 Å². The molecule has 1 unspecified atom stereocenters. The van der Waals surface area contributed by atoms with Gasteiger partial charge in [-0.25, -0.2) is 0 Å². The van der Waals surface area contributed by atoms with Crippen molar-refractivity contribution < 1.29 is 4.79 Å². The number of benzene rings is 1. The Kier molecular flexibility index (Phi) is 5.76. The van der Waals surface area contributed by atoms with Crippen LogP contribution < -0.4 is 10.6 Å². The molecule has 0 bridgehead atoms. The van der Waals surface area contributed by atoms with Crippen LogP contribution in [0, 0.1) is 0 Å². The first-order chi connectivity index (χ1) is 10.1. The molecular formula is C17H27N3O. The minimum absolute atomic E-state index is 0.0286. The van der Waals surface area contributed by atoms with Gasteiger partial charge in [0.15, 0.2) is 0 Å². The molecule has 1 aliphatic heterocycles. The molecule has 0 spiro atoms. The average molecular weight is 289 g/mol. The molecular weight excluding hydrogens is 262 g/mol. The molecule has 1 aromatic rings. The van der Waals surface area contributed by atoms with Crippen LogP contribution >= 0.6 is 0 Å². The van der Waals surface area contributed by atoms with E-state index in [4.69, 9.17) is 0 Å². The number of nitrogens with zero attached hydrogens (tertiary/aromatic N) is 1. The summed E-state index contributed by atoms with van der Waals surface area (Å²) in [6, 6.07) is 6.61. The number of hydrogen-bond donors (Lipinski definition) is 2. The quantitative estimate of drug-likeness (QED) is 0.839. The smallest absolute Gasteiger partial charge is 0.251 e.